The van der Waals surface area contributed by atoms with Crippen LogP contribution in [0.4, 0.5) is 0 Å². The van der Waals surface area contributed by atoms with E-state index in [0.717, 1.165) is 5.92 Å². The van der Waals surface area contributed by atoms with E-state index in [1.165, 1.54) is 29.4 Å². The molecule has 2 aliphatic rings. The van der Waals surface area contributed by atoms with Crippen molar-refractivity contribution >= 4 is 16.6 Å². The highest BCUT2D eigenvalue weighted by Crippen LogP contribution is 2.66. The summed E-state index contributed by atoms with van der Waals surface area (Å²) in [6.07, 6.45) is 7.46. The molecule has 0 aliphatic heterocycles. The van der Waals surface area contributed by atoms with E-state index >= 15 is 0 Å². The van der Waals surface area contributed by atoms with Gasteiger partial charge in [-0.25, -0.2) is 0 Å². The zero-order chi connectivity index (χ0) is 13.3. The molecule has 1 fully saturated rings. The zero-order valence-electron chi connectivity index (χ0n) is 12.0. The van der Waals surface area contributed by atoms with Crippen LogP contribution in [0.1, 0.15) is 33.6 Å². The van der Waals surface area contributed by atoms with E-state index in [-0.39, 0.29) is 0 Å². The number of aromatic nitrogens is 1. The lowest BCUT2D eigenvalue weighted by Crippen LogP contribution is -2.31. The number of fused-ring (bicyclic) bond motifs is 3. The minimum atomic E-state index is 0.319. The van der Waals surface area contributed by atoms with E-state index in [1.807, 2.05) is 0 Å². The molecule has 0 radical (unpaired) electrons. The first-order chi connectivity index (χ1) is 9.04. The monoisotopic (exact) mass is 251 g/mol. The van der Waals surface area contributed by atoms with Gasteiger partial charge in [0.25, 0.3) is 0 Å². The van der Waals surface area contributed by atoms with E-state index in [4.69, 9.17) is 0 Å². The molecule has 1 saturated carbocycles. The summed E-state index contributed by atoms with van der Waals surface area (Å²) in [5, 5.41) is 1.34. The fourth-order valence-corrected chi connectivity index (χ4v) is 4.30. The molecule has 2 bridgehead atoms. The molecular formula is C18H21N. The average molecular weight is 251 g/mol. The van der Waals surface area contributed by atoms with Crippen molar-refractivity contribution in [2.75, 3.05) is 0 Å². The van der Waals surface area contributed by atoms with Crippen molar-refractivity contribution in [2.45, 2.75) is 33.6 Å². The quantitative estimate of drug-likeness (QED) is 0.676. The van der Waals surface area contributed by atoms with Gasteiger partial charge in [-0.15, -0.1) is 0 Å². The van der Waals surface area contributed by atoms with Crippen LogP contribution in [-0.4, -0.2) is 4.57 Å². The van der Waals surface area contributed by atoms with Crippen molar-refractivity contribution in [3.8, 4) is 0 Å². The normalized spacial score (nSPS) is 31.9. The van der Waals surface area contributed by atoms with Crippen LogP contribution in [0.25, 0.3) is 16.6 Å². The van der Waals surface area contributed by atoms with Crippen molar-refractivity contribution in [1.29, 1.82) is 0 Å². The van der Waals surface area contributed by atoms with Gasteiger partial charge in [-0.1, -0.05) is 45.0 Å². The number of benzene rings is 1. The summed E-state index contributed by atoms with van der Waals surface area (Å²) in [5.41, 5.74) is 3.58. The SMILES string of the molecule is CC12CCC(C=C1n1ccc3ccccc31)C2(C)C. The van der Waals surface area contributed by atoms with Crippen LogP contribution in [0.5, 0.6) is 0 Å². The van der Waals surface area contributed by atoms with Crippen LogP contribution in [0.15, 0.2) is 42.6 Å². The second-order valence-electron chi connectivity index (χ2n) is 7.00. The van der Waals surface area contributed by atoms with E-state index in [2.05, 4.69) is 67.9 Å². The van der Waals surface area contributed by atoms with E-state index in [9.17, 15) is 0 Å². The van der Waals surface area contributed by atoms with Crippen LogP contribution in [-0.2, 0) is 0 Å². The first-order valence-electron chi connectivity index (χ1n) is 7.33. The highest BCUT2D eigenvalue weighted by Gasteiger charge is 2.57. The molecule has 2 aliphatic carbocycles. The Morgan fingerprint density at radius 2 is 1.89 bits per heavy atom. The molecule has 2 atom stereocenters. The summed E-state index contributed by atoms with van der Waals surface area (Å²) < 4.78 is 2.43. The average Bonchev–Trinajstić information content (AvgIpc) is 2.96. The van der Waals surface area contributed by atoms with E-state index < -0.39 is 0 Å². The zero-order valence-corrected chi connectivity index (χ0v) is 12.0. The Labute approximate surface area is 114 Å². The highest BCUT2D eigenvalue weighted by atomic mass is 15.0. The molecule has 2 unspecified atom stereocenters. The van der Waals surface area contributed by atoms with Crippen LogP contribution < -0.4 is 0 Å². The molecule has 2 aromatic rings. The van der Waals surface area contributed by atoms with Gasteiger partial charge in [0, 0.05) is 17.3 Å². The van der Waals surface area contributed by atoms with Crippen LogP contribution in [0.2, 0.25) is 0 Å². The van der Waals surface area contributed by atoms with Gasteiger partial charge in [-0.2, -0.15) is 0 Å². The minimum Gasteiger partial charge on any atom is -0.320 e. The van der Waals surface area contributed by atoms with Crippen LogP contribution in [0.3, 0.4) is 0 Å². The molecule has 1 nitrogen and oxygen atoms in total. The van der Waals surface area contributed by atoms with Gasteiger partial charge in [-0.05, 0) is 41.7 Å². The summed E-state index contributed by atoms with van der Waals surface area (Å²) in [6.45, 7) is 7.35. The lowest BCUT2D eigenvalue weighted by atomic mass is 9.69. The fraction of sp³-hybridized carbons (Fsp3) is 0.444. The number of nitrogens with zero attached hydrogens (tertiary/aromatic N) is 1. The summed E-state index contributed by atoms with van der Waals surface area (Å²) in [4.78, 5) is 0. The lowest BCUT2D eigenvalue weighted by molar-refractivity contribution is 0.185. The number of hydrogen-bond acceptors (Lipinski definition) is 0. The molecule has 0 saturated heterocycles. The van der Waals surface area contributed by atoms with Crippen molar-refractivity contribution in [2.24, 2.45) is 16.7 Å². The molecule has 1 heteroatoms. The molecule has 98 valence electrons. The Balaban J connectivity index is 1.93. The summed E-state index contributed by atoms with van der Waals surface area (Å²) in [6, 6.07) is 10.9. The predicted octanol–water partition coefficient (Wildman–Crippen LogP) is 4.94. The maximum absolute atomic E-state index is 2.54. The van der Waals surface area contributed by atoms with Crippen molar-refractivity contribution in [3.05, 3.63) is 42.6 Å². The summed E-state index contributed by atoms with van der Waals surface area (Å²) in [7, 11) is 0. The fourth-order valence-electron chi connectivity index (χ4n) is 4.30. The molecule has 0 spiro atoms. The van der Waals surface area contributed by atoms with Gasteiger partial charge in [0.2, 0.25) is 0 Å². The van der Waals surface area contributed by atoms with Gasteiger partial charge in [-0.3, -0.25) is 0 Å². The Kier molecular flexibility index (Phi) is 1.99. The third-order valence-corrected chi connectivity index (χ3v) is 6.09. The number of allylic oxidation sites excluding steroid dienone is 2. The number of hydrogen-bond donors (Lipinski definition) is 0. The molecular weight excluding hydrogens is 230 g/mol. The minimum absolute atomic E-state index is 0.319. The van der Waals surface area contributed by atoms with Gasteiger partial charge < -0.3 is 4.57 Å². The maximum Gasteiger partial charge on any atom is 0.0525 e. The van der Waals surface area contributed by atoms with Gasteiger partial charge in [0.15, 0.2) is 0 Å². The summed E-state index contributed by atoms with van der Waals surface area (Å²) >= 11 is 0. The van der Waals surface area contributed by atoms with Crippen molar-refractivity contribution in [3.63, 3.8) is 0 Å². The molecule has 19 heavy (non-hydrogen) atoms. The standard InChI is InChI=1S/C18H21N/c1-17(2)14-8-10-18(17,3)16(12-14)19-11-9-13-6-4-5-7-15(13)19/h4-7,9,11-12,14H,8,10H2,1-3H3. The first-order valence-corrected chi connectivity index (χ1v) is 7.33. The first kappa shape index (κ1) is 11.3. The molecule has 0 N–H and O–H groups in total. The molecule has 4 rings (SSSR count). The lowest BCUT2D eigenvalue weighted by Gasteiger charge is -2.37. The number of para-hydroxylation sites is 1. The Morgan fingerprint density at radius 3 is 2.58 bits per heavy atom. The molecule has 1 aromatic heterocycles. The van der Waals surface area contributed by atoms with Gasteiger partial charge >= 0.3 is 0 Å². The van der Waals surface area contributed by atoms with E-state index in [0.29, 0.717) is 10.8 Å². The predicted molar refractivity (Wildman–Crippen MR) is 80.8 cm³/mol. The van der Waals surface area contributed by atoms with E-state index in [1.54, 1.807) is 0 Å². The highest BCUT2D eigenvalue weighted by molar-refractivity contribution is 5.84. The molecule has 1 heterocycles. The van der Waals surface area contributed by atoms with Crippen molar-refractivity contribution in [1.82, 2.24) is 4.57 Å². The second-order valence-corrected chi connectivity index (χ2v) is 7.00. The Bertz CT molecular complexity index is 689. The third-order valence-electron chi connectivity index (χ3n) is 6.09. The van der Waals surface area contributed by atoms with Crippen LogP contribution >= 0.6 is 0 Å². The third kappa shape index (κ3) is 1.21. The summed E-state index contributed by atoms with van der Waals surface area (Å²) in [5.74, 6) is 0.744. The largest absolute Gasteiger partial charge is 0.320 e. The van der Waals surface area contributed by atoms with Gasteiger partial charge in [0.1, 0.15) is 0 Å². The smallest absolute Gasteiger partial charge is 0.0525 e. The Morgan fingerprint density at radius 1 is 1.11 bits per heavy atom. The number of rotatable bonds is 1. The maximum atomic E-state index is 2.54. The van der Waals surface area contributed by atoms with Gasteiger partial charge in [0.05, 0.1) is 5.52 Å². The van der Waals surface area contributed by atoms with Crippen LogP contribution in [0, 0.1) is 16.7 Å². The van der Waals surface area contributed by atoms with Crippen molar-refractivity contribution < 1.29 is 0 Å². The second kappa shape index (κ2) is 3.33. The topological polar surface area (TPSA) is 4.93 Å². The Hall–Kier alpha value is -1.50. The molecule has 0 amide bonds. The molecule has 1 aromatic carbocycles.